The molecule has 6 heteroatoms. The van der Waals surface area contributed by atoms with Gasteiger partial charge in [-0.3, -0.25) is 0 Å². The van der Waals surface area contributed by atoms with Crippen molar-refractivity contribution in [2.45, 2.75) is 6.43 Å². The van der Waals surface area contributed by atoms with Crippen LogP contribution in [0.15, 0.2) is 21.7 Å². The molecule has 0 aromatic carbocycles. The molecule has 0 N–H and O–H groups in total. The molecule has 0 saturated heterocycles. The van der Waals surface area contributed by atoms with Crippen molar-refractivity contribution in [1.29, 1.82) is 0 Å². The van der Waals surface area contributed by atoms with Crippen molar-refractivity contribution in [3.8, 4) is 0 Å². The van der Waals surface area contributed by atoms with Crippen molar-refractivity contribution >= 4 is 28.1 Å². The second-order valence-corrected chi connectivity index (χ2v) is 3.93. The molecule has 0 fully saturated rings. The number of hydrogen-bond acceptors (Lipinski definition) is 2. The molecule has 0 aliphatic carbocycles. The molecule has 15 heavy (non-hydrogen) atoms. The van der Waals surface area contributed by atoms with E-state index in [1.165, 1.54) is 18.6 Å². The summed E-state index contributed by atoms with van der Waals surface area (Å²) in [5.41, 5.74) is -0.101. The smallest absolute Gasteiger partial charge is 0.265 e. The van der Waals surface area contributed by atoms with Crippen molar-refractivity contribution < 1.29 is 8.78 Å². The molecule has 0 aliphatic heterocycles. The van der Waals surface area contributed by atoms with Crippen LogP contribution in [0.25, 0.3) is 0 Å². The molecule has 1 rings (SSSR count). The third-order valence-corrected chi connectivity index (χ3v) is 2.19. The number of aliphatic imine (C=N–C) groups is 1. The standard InChI is InChI=1S/C9H10BrF2N3/c1-15(2)5-14-8-3-6(9(11)12)7(10)4-13-8/h3-5,9H,1-2H3/b14-5-. The molecule has 0 amide bonds. The fourth-order valence-corrected chi connectivity index (χ4v) is 1.24. The molecule has 0 atom stereocenters. The van der Waals surface area contributed by atoms with E-state index in [1.807, 2.05) is 0 Å². The topological polar surface area (TPSA) is 28.5 Å². The fraction of sp³-hybridized carbons (Fsp3) is 0.333. The molecular formula is C9H10BrF2N3. The average Bonchev–Trinajstić information content (AvgIpc) is 2.16. The largest absolute Gasteiger partial charge is 0.369 e. The molecule has 1 aromatic heterocycles. The van der Waals surface area contributed by atoms with Crippen LogP contribution in [0.4, 0.5) is 14.6 Å². The summed E-state index contributed by atoms with van der Waals surface area (Å²) < 4.78 is 25.3. The van der Waals surface area contributed by atoms with Crippen LogP contribution < -0.4 is 0 Å². The SMILES string of the molecule is CN(C)/C=N\c1cc(C(F)F)c(Br)cn1. The van der Waals surface area contributed by atoms with E-state index in [-0.39, 0.29) is 11.4 Å². The summed E-state index contributed by atoms with van der Waals surface area (Å²) in [4.78, 5) is 9.51. The van der Waals surface area contributed by atoms with Gasteiger partial charge in [0.05, 0.1) is 6.34 Å². The summed E-state index contributed by atoms with van der Waals surface area (Å²) >= 11 is 3.01. The Bertz CT molecular complexity index is 366. The predicted molar refractivity (Wildman–Crippen MR) is 58.7 cm³/mol. The van der Waals surface area contributed by atoms with E-state index in [0.717, 1.165) is 0 Å². The lowest BCUT2D eigenvalue weighted by atomic mass is 10.3. The second kappa shape index (κ2) is 5.16. The molecule has 0 spiro atoms. The molecule has 0 bridgehead atoms. The van der Waals surface area contributed by atoms with E-state index in [9.17, 15) is 8.78 Å². The minimum atomic E-state index is -2.53. The van der Waals surface area contributed by atoms with Gasteiger partial charge in [-0.2, -0.15) is 0 Å². The van der Waals surface area contributed by atoms with Crippen LogP contribution >= 0.6 is 15.9 Å². The summed E-state index contributed by atoms with van der Waals surface area (Å²) in [6.07, 6.45) is 0.297. The summed E-state index contributed by atoms with van der Waals surface area (Å²) in [5, 5.41) is 0. The van der Waals surface area contributed by atoms with Crippen molar-refractivity contribution in [2.24, 2.45) is 4.99 Å². The van der Waals surface area contributed by atoms with Crippen molar-refractivity contribution in [2.75, 3.05) is 14.1 Å². The van der Waals surface area contributed by atoms with Crippen LogP contribution in [0, 0.1) is 0 Å². The zero-order chi connectivity index (χ0) is 11.4. The highest BCUT2D eigenvalue weighted by atomic mass is 79.9. The van der Waals surface area contributed by atoms with Gasteiger partial charge in [0.2, 0.25) is 0 Å². The zero-order valence-electron chi connectivity index (χ0n) is 8.28. The molecule has 0 unspecified atom stereocenters. The summed E-state index contributed by atoms with van der Waals surface area (Å²) in [5.74, 6) is 0.266. The highest BCUT2D eigenvalue weighted by Crippen LogP contribution is 2.28. The van der Waals surface area contributed by atoms with E-state index in [2.05, 4.69) is 25.9 Å². The van der Waals surface area contributed by atoms with Crippen molar-refractivity contribution in [1.82, 2.24) is 9.88 Å². The maximum atomic E-state index is 12.5. The lowest BCUT2D eigenvalue weighted by Crippen LogP contribution is -2.07. The van der Waals surface area contributed by atoms with Gasteiger partial charge in [-0.25, -0.2) is 18.8 Å². The fourth-order valence-electron chi connectivity index (χ4n) is 0.855. The molecule has 0 aliphatic rings. The van der Waals surface area contributed by atoms with E-state index in [4.69, 9.17) is 0 Å². The molecule has 1 aromatic rings. The van der Waals surface area contributed by atoms with Gasteiger partial charge in [0.25, 0.3) is 6.43 Å². The maximum Gasteiger partial charge on any atom is 0.265 e. The van der Waals surface area contributed by atoms with Gasteiger partial charge in [0, 0.05) is 30.3 Å². The highest BCUT2D eigenvalue weighted by Gasteiger charge is 2.12. The van der Waals surface area contributed by atoms with Crippen molar-refractivity contribution in [3.63, 3.8) is 0 Å². The Balaban J connectivity index is 2.97. The third-order valence-electron chi connectivity index (χ3n) is 1.53. The van der Waals surface area contributed by atoms with Crippen LogP contribution in [0.2, 0.25) is 0 Å². The third kappa shape index (κ3) is 3.54. The van der Waals surface area contributed by atoms with Gasteiger partial charge in [-0.15, -0.1) is 0 Å². The lowest BCUT2D eigenvalue weighted by Gasteiger charge is -2.04. The predicted octanol–water partition coefficient (Wildman–Crippen LogP) is 3.00. The van der Waals surface area contributed by atoms with E-state index >= 15 is 0 Å². The van der Waals surface area contributed by atoms with Crippen LogP contribution in [-0.4, -0.2) is 30.3 Å². The molecule has 1 heterocycles. The van der Waals surface area contributed by atoms with Gasteiger partial charge < -0.3 is 4.90 Å². The zero-order valence-corrected chi connectivity index (χ0v) is 9.87. The van der Waals surface area contributed by atoms with Crippen LogP contribution in [0.3, 0.4) is 0 Å². The summed E-state index contributed by atoms with van der Waals surface area (Å²) in [7, 11) is 3.58. The minimum Gasteiger partial charge on any atom is -0.369 e. The Kier molecular flexibility index (Phi) is 4.14. The van der Waals surface area contributed by atoms with Crippen LogP contribution in [0.5, 0.6) is 0 Å². The van der Waals surface area contributed by atoms with Gasteiger partial charge in [0.15, 0.2) is 5.82 Å². The highest BCUT2D eigenvalue weighted by molar-refractivity contribution is 9.10. The van der Waals surface area contributed by atoms with Gasteiger partial charge in [-0.05, 0) is 22.0 Å². The van der Waals surface area contributed by atoms with Gasteiger partial charge in [0.1, 0.15) is 0 Å². The maximum absolute atomic E-state index is 12.5. The van der Waals surface area contributed by atoms with Gasteiger partial charge in [-0.1, -0.05) is 0 Å². The first-order chi connectivity index (χ1) is 7.00. The normalized spacial score (nSPS) is 11.3. The van der Waals surface area contributed by atoms with E-state index < -0.39 is 6.43 Å². The Labute approximate surface area is 95.0 Å². The first-order valence-corrected chi connectivity index (χ1v) is 4.94. The number of alkyl halides is 2. The first-order valence-electron chi connectivity index (χ1n) is 4.15. The summed E-state index contributed by atoms with van der Waals surface area (Å²) in [6, 6.07) is 1.26. The molecular weight excluding hydrogens is 268 g/mol. The van der Waals surface area contributed by atoms with E-state index in [0.29, 0.717) is 4.47 Å². The van der Waals surface area contributed by atoms with Crippen LogP contribution in [-0.2, 0) is 0 Å². The minimum absolute atomic E-state index is 0.101. The Morgan fingerprint density at radius 1 is 1.53 bits per heavy atom. The number of hydrogen-bond donors (Lipinski definition) is 0. The number of aromatic nitrogens is 1. The van der Waals surface area contributed by atoms with E-state index in [1.54, 1.807) is 19.0 Å². The number of halogens is 3. The van der Waals surface area contributed by atoms with Crippen LogP contribution in [0.1, 0.15) is 12.0 Å². The molecule has 0 radical (unpaired) electrons. The quantitative estimate of drug-likeness (QED) is 0.628. The Hall–Kier alpha value is -1.04. The monoisotopic (exact) mass is 277 g/mol. The first kappa shape index (κ1) is 12.0. The Morgan fingerprint density at radius 2 is 2.20 bits per heavy atom. The number of nitrogens with zero attached hydrogens (tertiary/aromatic N) is 3. The number of pyridine rings is 1. The molecule has 82 valence electrons. The molecule has 3 nitrogen and oxygen atoms in total. The van der Waals surface area contributed by atoms with Crippen molar-refractivity contribution in [3.05, 3.63) is 22.3 Å². The number of rotatable bonds is 3. The second-order valence-electron chi connectivity index (χ2n) is 3.07. The average molecular weight is 278 g/mol. The molecule has 0 saturated carbocycles. The summed E-state index contributed by atoms with van der Waals surface area (Å²) in [6.45, 7) is 0. The lowest BCUT2D eigenvalue weighted by molar-refractivity contribution is 0.150. The Morgan fingerprint density at radius 3 is 2.73 bits per heavy atom. The van der Waals surface area contributed by atoms with Gasteiger partial charge >= 0.3 is 0 Å².